The van der Waals surface area contributed by atoms with E-state index in [9.17, 15) is 0 Å². The number of rotatable bonds is 9. The number of nitrogen functional groups attached to an aromatic ring is 1. The fraction of sp³-hybridized carbons (Fsp3) is 0.226. The largest absolute Gasteiger partial charge is 0.399 e. The minimum Gasteiger partial charge on any atom is -0.399 e. The third kappa shape index (κ3) is 11.5. The molecule has 0 aromatic heterocycles. The normalized spacial score (nSPS) is 19.9. The maximum absolute atomic E-state index is 5.81. The van der Waals surface area contributed by atoms with Gasteiger partial charge >= 0.3 is 0 Å². The van der Waals surface area contributed by atoms with Gasteiger partial charge in [0.15, 0.2) is 0 Å². The molecular formula is C62H69N. The van der Waals surface area contributed by atoms with Gasteiger partial charge in [0.25, 0.3) is 0 Å². The highest BCUT2D eigenvalue weighted by Crippen LogP contribution is 2.56. The fourth-order valence-corrected chi connectivity index (χ4v) is 8.92. The summed E-state index contributed by atoms with van der Waals surface area (Å²) in [5.41, 5.74) is 23.6. The number of benzene rings is 5. The third-order valence-electron chi connectivity index (χ3n) is 12.3. The van der Waals surface area contributed by atoms with E-state index in [2.05, 4.69) is 217 Å². The fourth-order valence-electron chi connectivity index (χ4n) is 8.92. The van der Waals surface area contributed by atoms with Crippen molar-refractivity contribution >= 4 is 11.3 Å². The lowest BCUT2D eigenvalue weighted by Crippen LogP contribution is -2.30. The van der Waals surface area contributed by atoms with Crippen LogP contribution in [0.4, 0.5) is 5.69 Å². The van der Waals surface area contributed by atoms with Crippen LogP contribution in [0.1, 0.15) is 98.2 Å². The standard InChI is InChI=1S/C44H44.C14H15N.C2H6.C2H4/c1-4-18-38(33(3)5-2)32-44(41-25-16-14-22-37(41)31-34-27-28-34)42-26-17-15-24-39(42)40-23-13-8-6-7-10-21-36(29-30-43(40)44)35-19-11-9-12-20-35;1-10-5-3-4-6-13(10)14-9-12(15)8-7-11(14)2;2*1-2/h4-20,22-26,29-30,34,36H,2,21,27-28,31-32H2,1,3H3;3-9H,15H2,1-2H3;1-2H3;1-2H2/b8-6+,10-7-,18-4-,23-13-,30-29+,38-33+;;;. The van der Waals surface area contributed by atoms with E-state index in [0.29, 0.717) is 0 Å². The molecule has 322 valence electrons. The van der Waals surface area contributed by atoms with Gasteiger partial charge in [-0.25, -0.2) is 0 Å². The van der Waals surface area contributed by atoms with E-state index in [1.807, 2.05) is 32.1 Å². The summed E-state index contributed by atoms with van der Waals surface area (Å²) < 4.78 is 0. The quantitative estimate of drug-likeness (QED) is 0.0894. The maximum Gasteiger partial charge on any atom is 0.0506 e. The number of allylic oxidation sites excluding steroid dienone is 15. The molecule has 5 aromatic carbocycles. The first-order valence-corrected chi connectivity index (χ1v) is 22.9. The molecule has 0 radical (unpaired) electrons. The predicted octanol–water partition coefficient (Wildman–Crippen LogP) is 17.0. The van der Waals surface area contributed by atoms with Gasteiger partial charge in [-0.05, 0) is 150 Å². The van der Waals surface area contributed by atoms with Crippen LogP contribution in [0, 0.1) is 19.8 Å². The van der Waals surface area contributed by atoms with Crippen LogP contribution in [0.15, 0.2) is 225 Å². The number of fused-ring (bicyclic) bond motifs is 2. The van der Waals surface area contributed by atoms with Gasteiger partial charge in [-0.2, -0.15) is 0 Å². The second-order valence-electron chi connectivity index (χ2n) is 16.3. The van der Waals surface area contributed by atoms with Crippen molar-refractivity contribution in [1.82, 2.24) is 0 Å². The molecule has 2 atom stereocenters. The Kier molecular flexibility index (Phi) is 17.9. The predicted molar refractivity (Wildman–Crippen MR) is 278 cm³/mol. The highest BCUT2D eigenvalue weighted by molar-refractivity contribution is 5.90. The van der Waals surface area contributed by atoms with Crippen LogP contribution in [0.25, 0.3) is 16.7 Å². The first kappa shape index (κ1) is 47.6. The average Bonchev–Trinajstić information content (AvgIpc) is 4.11. The van der Waals surface area contributed by atoms with Crippen LogP contribution in [-0.4, -0.2) is 0 Å². The molecule has 1 fully saturated rings. The van der Waals surface area contributed by atoms with Crippen LogP contribution in [-0.2, 0) is 11.8 Å². The average molecular weight is 828 g/mol. The van der Waals surface area contributed by atoms with Crippen molar-refractivity contribution in [3.05, 3.63) is 264 Å². The van der Waals surface area contributed by atoms with E-state index in [4.69, 9.17) is 5.73 Å². The van der Waals surface area contributed by atoms with E-state index < -0.39 is 0 Å². The second-order valence-corrected chi connectivity index (χ2v) is 16.3. The van der Waals surface area contributed by atoms with Gasteiger partial charge in [0.1, 0.15) is 0 Å². The van der Waals surface area contributed by atoms with E-state index >= 15 is 0 Å². The Morgan fingerprint density at radius 2 is 1.35 bits per heavy atom. The van der Waals surface area contributed by atoms with Crippen LogP contribution >= 0.6 is 0 Å². The van der Waals surface area contributed by atoms with Crippen molar-refractivity contribution in [2.45, 2.75) is 85.0 Å². The number of aryl methyl sites for hydroxylation is 2. The topological polar surface area (TPSA) is 26.0 Å². The first-order valence-electron chi connectivity index (χ1n) is 22.9. The molecule has 3 aliphatic rings. The molecule has 63 heavy (non-hydrogen) atoms. The van der Waals surface area contributed by atoms with Gasteiger partial charge in [0.05, 0.1) is 5.41 Å². The highest BCUT2D eigenvalue weighted by atomic mass is 14.5. The van der Waals surface area contributed by atoms with Gasteiger partial charge in [-0.15, -0.1) is 13.2 Å². The van der Waals surface area contributed by atoms with Crippen LogP contribution in [0.3, 0.4) is 0 Å². The Hall–Kier alpha value is -6.44. The van der Waals surface area contributed by atoms with Crippen molar-refractivity contribution in [3.63, 3.8) is 0 Å². The van der Waals surface area contributed by atoms with Crippen LogP contribution in [0.5, 0.6) is 0 Å². The number of nitrogens with two attached hydrogens (primary N) is 1. The number of anilines is 1. The molecular weight excluding hydrogens is 759 g/mol. The second kappa shape index (κ2) is 23.7. The summed E-state index contributed by atoms with van der Waals surface area (Å²) in [6, 6.07) is 43.8. The van der Waals surface area contributed by atoms with Gasteiger partial charge in [-0.3, -0.25) is 0 Å². The monoisotopic (exact) mass is 828 g/mol. The summed E-state index contributed by atoms with van der Waals surface area (Å²) in [6.45, 7) is 22.8. The van der Waals surface area contributed by atoms with Gasteiger partial charge in [-0.1, -0.05) is 196 Å². The lowest BCUT2D eigenvalue weighted by atomic mass is 9.65. The molecule has 0 heterocycles. The molecule has 0 spiro atoms. The minimum atomic E-state index is -0.345. The lowest BCUT2D eigenvalue weighted by Gasteiger charge is -2.37. The highest BCUT2D eigenvalue weighted by Gasteiger charge is 2.46. The Balaban J connectivity index is 0.000000329. The number of hydrogen-bond acceptors (Lipinski definition) is 1. The SMILES string of the molecule is C=C.C=C/C(C)=C(\C=C/C)CC1(c2ccccc2CC2CC2)C2=C(\C=C/C=C/C=C\CC(c3ccccc3)\C=C\2)c2ccccc21.CC.Cc1ccccc1-c1cc(N)ccc1C. The van der Waals surface area contributed by atoms with Gasteiger partial charge < -0.3 is 5.73 Å². The molecule has 0 bridgehead atoms. The van der Waals surface area contributed by atoms with Crippen molar-refractivity contribution in [3.8, 4) is 11.1 Å². The van der Waals surface area contributed by atoms with Crippen molar-refractivity contribution in [1.29, 1.82) is 0 Å². The molecule has 1 heteroatoms. The first-order chi connectivity index (χ1) is 30.8. The zero-order chi connectivity index (χ0) is 45.2. The Bertz CT molecular complexity index is 2510. The van der Waals surface area contributed by atoms with Crippen molar-refractivity contribution in [2.75, 3.05) is 5.73 Å². The molecule has 1 saturated carbocycles. The van der Waals surface area contributed by atoms with E-state index in [1.54, 1.807) is 0 Å². The summed E-state index contributed by atoms with van der Waals surface area (Å²) in [5.74, 6) is 1.08. The molecule has 2 N–H and O–H groups in total. The molecule has 0 saturated heterocycles. The van der Waals surface area contributed by atoms with E-state index in [0.717, 1.165) is 30.9 Å². The Labute approximate surface area is 380 Å². The summed E-state index contributed by atoms with van der Waals surface area (Å²) in [4.78, 5) is 0. The van der Waals surface area contributed by atoms with Crippen molar-refractivity contribution < 1.29 is 0 Å². The van der Waals surface area contributed by atoms with E-state index in [-0.39, 0.29) is 11.3 Å². The molecule has 2 unspecified atom stereocenters. The third-order valence-corrected chi connectivity index (χ3v) is 12.3. The minimum absolute atomic E-state index is 0.279. The zero-order valence-electron chi connectivity index (χ0n) is 38.8. The van der Waals surface area contributed by atoms with Crippen molar-refractivity contribution in [2.24, 2.45) is 5.92 Å². The Morgan fingerprint density at radius 3 is 2.05 bits per heavy atom. The van der Waals surface area contributed by atoms with Gasteiger partial charge in [0.2, 0.25) is 0 Å². The smallest absolute Gasteiger partial charge is 0.0506 e. The molecule has 0 amide bonds. The van der Waals surface area contributed by atoms with Crippen LogP contribution < -0.4 is 5.73 Å². The number of hydrogen-bond donors (Lipinski definition) is 1. The summed E-state index contributed by atoms with van der Waals surface area (Å²) in [6.07, 6.45) is 30.5. The Morgan fingerprint density at radius 1 is 0.714 bits per heavy atom. The molecule has 5 aromatic rings. The molecule has 8 rings (SSSR count). The molecule has 3 aliphatic carbocycles. The zero-order valence-corrected chi connectivity index (χ0v) is 38.8. The van der Waals surface area contributed by atoms with Gasteiger partial charge in [0, 0.05) is 11.6 Å². The lowest BCUT2D eigenvalue weighted by molar-refractivity contribution is 0.611. The maximum atomic E-state index is 5.81. The summed E-state index contributed by atoms with van der Waals surface area (Å²) in [5, 5.41) is 0. The van der Waals surface area contributed by atoms with E-state index in [1.165, 1.54) is 85.2 Å². The summed E-state index contributed by atoms with van der Waals surface area (Å²) >= 11 is 0. The summed E-state index contributed by atoms with van der Waals surface area (Å²) in [7, 11) is 0. The molecule has 1 nitrogen and oxygen atoms in total. The van der Waals surface area contributed by atoms with Crippen LogP contribution in [0.2, 0.25) is 0 Å². The molecule has 0 aliphatic heterocycles.